The van der Waals surface area contributed by atoms with Crippen LogP contribution in [0.2, 0.25) is 0 Å². The molecule has 2 aromatic heterocycles. The second-order valence-corrected chi connectivity index (χ2v) is 6.90. The molecule has 3 aromatic rings. The number of Topliss-reactive ketones (excluding diaryl/α,β-unsaturated/α-hetero) is 1. The van der Waals surface area contributed by atoms with Crippen molar-refractivity contribution in [3.05, 3.63) is 50.7 Å². The van der Waals surface area contributed by atoms with Crippen molar-refractivity contribution in [2.45, 2.75) is 20.3 Å². The molecule has 4 heteroatoms. The molecule has 0 bridgehead atoms. The molecule has 0 radical (unpaired) electrons. The number of aromatic nitrogens is 1. The number of fused-ring (bicyclic) bond motifs is 1. The van der Waals surface area contributed by atoms with Crippen LogP contribution in [0.15, 0.2) is 30.3 Å². The van der Waals surface area contributed by atoms with Crippen LogP contribution in [0.3, 0.4) is 0 Å². The summed E-state index contributed by atoms with van der Waals surface area (Å²) in [5, 5.41) is 0.898. The molecule has 96 valence electrons. The van der Waals surface area contributed by atoms with E-state index >= 15 is 0 Å². The van der Waals surface area contributed by atoms with Crippen molar-refractivity contribution in [3.8, 4) is 0 Å². The zero-order valence-electron chi connectivity index (χ0n) is 10.8. The highest BCUT2D eigenvalue weighted by molar-refractivity contribution is 7.18. The van der Waals surface area contributed by atoms with Crippen LogP contribution in [-0.4, -0.2) is 10.8 Å². The number of nitrogens with zero attached hydrogens (tertiary/aromatic N) is 1. The monoisotopic (exact) mass is 287 g/mol. The first-order valence-electron chi connectivity index (χ1n) is 6.08. The topological polar surface area (TPSA) is 30.0 Å². The van der Waals surface area contributed by atoms with Crippen LogP contribution < -0.4 is 0 Å². The molecule has 0 unspecified atom stereocenters. The van der Waals surface area contributed by atoms with Crippen molar-refractivity contribution in [2.24, 2.45) is 0 Å². The minimum Gasteiger partial charge on any atom is -0.293 e. The average Bonchev–Trinajstić information content (AvgIpc) is 2.93. The highest BCUT2D eigenvalue weighted by Crippen LogP contribution is 2.25. The van der Waals surface area contributed by atoms with E-state index in [0.717, 1.165) is 20.1 Å². The molecule has 0 amide bonds. The van der Waals surface area contributed by atoms with Crippen LogP contribution >= 0.6 is 22.7 Å². The van der Waals surface area contributed by atoms with Crippen LogP contribution in [0, 0.1) is 13.8 Å². The number of thiophene rings is 1. The molecular weight excluding hydrogens is 274 g/mol. The Morgan fingerprint density at radius 1 is 1.21 bits per heavy atom. The Morgan fingerprint density at radius 2 is 2.00 bits per heavy atom. The second-order valence-electron chi connectivity index (χ2n) is 4.53. The summed E-state index contributed by atoms with van der Waals surface area (Å²) in [6.45, 7) is 4.09. The standard InChI is InChI=1S/C15H13NOS2/c1-9-7-14(18-10(9)2)12(17)8-15-16-11-5-3-4-6-13(11)19-15/h3-7H,8H2,1-2H3. The third kappa shape index (κ3) is 2.46. The van der Waals surface area contributed by atoms with Crippen LogP contribution in [0.25, 0.3) is 10.2 Å². The Kier molecular flexibility index (Phi) is 3.21. The normalized spacial score (nSPS) is 11.1. The highest BCUT2D eigenvalue weighted by Gasteiger charge is 2.13. The van der Waals surface area contributed by atoms with E-state index in [0.29, 0.717) is 6.42 Å². The summed E-state index contributed by atoms with van der Waals surface area (Å²) in [5.41, 5.74) is 2.17. The zero-order chi connectivity index (χ0) is 13.4. The number of carbonyl (C=O) groups is 1. The summed E-state index contributed by atoms with van der Waals surface area (Å²) >= 11 is 3.18. The lowest BCUT2D eigenvalue weighted by atomic mass is 10.2. The molecule has 0 saturated heterocycles. The minimum atomic E-state index is 0.167. The number of rotatable bonds is 3. The minimum absolute atomic E-state index is 0.167. The van der Waals surface area contributed by atoms with E-state index in [1.165, 1.54) is 10.4 Å². The summed E-state index contributed by atoms with van der Waals surface area (Å²) in [4.78, 5) is 18.8. The quantitative estimate of drug-likeness (QED) is 0.668. The van der Waals surface area contributed by atoms with Crippen LogP contribution in [-0.2, 0) is 6.42 Å². The first-order chi connectivity index (χ1) is 9.13. The van der Waals surface area contributed by atoms with Gasteiger partial charge in [0.2, 0.25) is 0 Å². The molecular formula is C15H13NOS2. The van der Waals surface area contributed by atoms with Gasteiger partial charge in [-0.15, -0.1) is 22.7 Å². The van der Waals surface area contributed by atoms with Gasteiger partial charge in [0.25, 0.3) is 0 Å². The Labute approximate surface area is 119 Å². The summed E-state index contributed by atoms with van der Waals surface area (Å²) < 4.78 is 1.14. The van der Waals surface area contributed by atoms with E-state index in [4.69, 9.17) is 0 Å². The number of hydrogen-bond donors (Lipinski definition) is 0. The van der Waals surface area contributed by atoms with Gasteiger partial charge in [0.05, 0.1) is 21.5 Å². The molecule has 19 heavy (non-hydrogen) atoms. The van der Waals surface area contributed by atoms with Crippen LogP contribution in [0.1, 0.15) is 25.1 Å². The van der Waals surface area contributed by atoms with Crippen molar-refractivity contribution in [1.82, 2.24) is 4.98 Å². The van der Waals surface area contributed by atoms with Gasteiger partial charge in [-0.25, -0.2) is 4.98 Å². The van der Waals surface area contributed by atoms with E-state index in [1.807, 2.05) is 37.3 Å². The van der Waals surface area contributed by atoms with Gasteiger partial charge in [0.15, 0.2) is 5.78 Å². The van der Waals surface area contributed by atoms with Crippen LogP contribution in [0.4, 0.5) is 0 Å². The van der Waals surface area contributed by atoms with Crippen LogP contribution in [0.5, 0.6) is 0 Å². The maximum absolute atomic E-state index is 12.2. The summed E-state index contributed by atoms with van der Waals surface area (Å²) in [5.74, 6) is 0.167. The molecule has 0 N–H and O–H groups in total. The highest BCUT2D eigenvalue weighted by atomic mass is 32.1. The molecule has 0 fully saturated rings. The largest absolute Gasteiger partial charge is 0.293 e. The Bertz CT molecular complexity index is 702. The summed E-state index contributed by atoms with van der Waals surface area (Å²) in [7, 11) is 0. The van der Waals surface area contributed by atoms with E-state index in [1.54, 1.807) is 22.7 Å². The molecule has 3 rings (SSSR count). The van der Waals surface area contributed by atoms with Gasteiger partial charge in [-0.05, 0) is 37.6 Å². The zero-order valence-corrected chi connectivity index (χ0v) is 12.4. The second kappa shape index (κ2) is 4.87. The fourth-order valence-electron chi connectivity index (χ4n) is 1.93. The maximum Gasteiger partial charge on any atom is 0.179 e. The lowest BCUT2D eigenvalue weighted by Crippen LogP contribution is -2.00. The van der Waals surface area contributed by atoms with Gasteiger partial charge in [-0.2, -0.15) is 0 Å². The van der Waals surface area contributed by atoms with Gasteiger partial charge in [0.1, 0.15) is 5.01 Å². The Balaban J connectivity index is 1.86. The van der Waals surface area contributed by atoms with Gasteiger partial charge < -0.3 is 0 Å². The number of para-hydroxylation sites is 1. The number of carbonyl (C=O) groups excluding carboxylic acids is 1. The average molecular weight is 287 g/mol. The van der Waals surface area contributed by atoms with Gasteiger partial charge in [-0.3, -0.25) is 4.79 Å². The maximum atomic E-state index is 12.2. The lowest BCUT2D eigenvalue weighted by molar-refractivity contribution is 0.0997. The molecule has 0 aliphatic heterocycles. The third-order valence-corrected chi connectivity index (χ3v) is 5.32. The Morgan fingerprint density at radius 3 is 2.68 bits per heavy atom. The van der Waals surface area contributed by atoms with Crippen molar-refractivity contribution in [2.75, 3.05) is 0 Å². The number of benzene rings is 1. The number of aryl methyl sites for hydroxylation is 2. The number of thiazole rings is 1. The molecule has 2 heterocycles. The van der Waals surface area contributed by atoms with Crippen molar-refractivity contribution < 1.29 is 4.79 Å². The van der Waals surface area contributed by atoms with Crippen molar-refractivity contribution >= 4 is 38.7 Å². The molecule has 1 aromatic carbocycles. The van der Waals surface area contributed by atoms with E-state index in [9.17, 15) is 4.79 Å². The van der Waals surface area contributed by atoms with Gasteiger partial charge in [-0.1, -0.05) is 12.1 Å². The first-order valence-corrected chi connectivity index (χ1v) is 7.71. The Hall–Kier alpha value is -1.52. The molecule has 0 saturated carbocycles. The number of hydrogen-bond acceptors (Lipinski definition) is 4. The van der Waals surface area contributed by atoms with Crippen molar-refractivity contribution in [3.63, 3.8) is 0 Å². The summed E-state index contributed by atoms with van der Waals surface area (Å²) in [6.07, 6.45) is 0.402. The van der Waals surface area contributed by atoms with Gasteiger partial charge in [0, 0.05) is 4.88 Å². The van der Waals surface area contributed by atoms with E-state index in [-0.39, 0.29) is 5.78 Å². The molecule has 2 nitrogen and oxygen atoms in total. The fourth-order valence-corrected chi connectivity index (χ4v) is 3.87. The molecule has 0 aliphatic rings. The molecule has 0 spiro atoms. The first kappa shape index (κ1) is 12.5. The smallest absolute Gasteiger partial charge is 0.179 e. The third-order valence-electron chi connectivity index (χ3n) is 3.09. The van der Waals surface area contributed by atoms with E-state index in [2.05, 4.69) is 11.9 Å². The van der Waals surface area contributed by atoms with Crippen molar-refractivity contribution in [1.29, 1.82) is 0 Å². The van der Waals surface area contributed by atoms with Gasteiger partial charge >= 0.3 is 0 Å². The predicted molar refractivity (Wildman–Crippen MR) is 81.4 cm³/mol. The lowest BCUT2D eigenvalue weighted by Gasteiger charge is -1.93. The van der Waals surface area contributed by atoms with E-state index < -0.39 is 0 Å². The SMILES string of the molecule is Cc1cc(C(=O)Cc2nc3ccccc3s2)sc1C. The fraction of sp³-hybridized carbons (Fsp3) is 0.200. The molecule has 0 atom stereocenters. The summed E-state index contributed by atoms with van der Waals surface area (Å²) in [6, 6.07) is 9.98. The molecule has 0 aliphatic carbocycles. The number of ketones is 1. The predicted octanol–water partition coefficient (Wildman–Crippen LogP) is 4.40.